The molecule has 0 unspecified atom stereocenters. The van der Waals surface area contributed by atoms with Gasteiger partial charge >= 0.3 is 0 Å². The molecule has 4 rings (SSSR count). The van der Waals surface area contributed by atoms with Crippen LogP contribution in [0.25, 0.3) is 17.2 Å². The number of hydrogen-bond acceptors (Lipinski definition) is 8. The molecule has 0 saturated carbocycles. The van der Waals surface area contributed by atoms with Crippen LogP contribution in [-0.4, -0.2) is 44.5 Å². The van der Waals surface area contributed by atoms with E-state index in [1.54, 1.807) is 49.2 Å². The van der Waals surface area contributed by atoms with Crippen molar-refractivity contribution in [3.63, 3.8) is 0 Å². The molecule has 0 aliphatic heterocycles. The van der Waals surface area contributed by atoms with Crippen LogP contribution in [0.2, 0.25) is 0 Å². The molecule has 0 aliphatic carbocycles. The maximum absolute atomic E-state index is 12.4. The third kappa shape index (κ3) is 4.42. The van der Waals surface area contributed by atoms with Crippen molar-refractivity contribution in [2.75, 3.05) is 19.5 Å². The van der Waals surface area contributed by atoms with Gasteiger partial charge in [-0.3, -0.25) is 10.1 Å². The van der Waals surface area contributed by atoms with E-state index in [2.05, 4.69) is 40.9 Å². The maximum Gasteiger partial charge on any atom is 0.257 e. The standard InChI is InChI=1S/C20H17BrN6O3S/c1-11-17(24-26-27(11)14-8-15(29-2)10-16(9-14)30-3)18-22-20(31-25-18)23-19(28)12-4-6-13(21)7-5-12/h4-10H,1-3H3,(H,22,23,25,28). The fraction of sp³-hybridized carbons (Fsp3) is 0.150. The lowest BCUT2D eigenvalue weighted by Gasteiger charge is -2.09. The first-order valence-corrected chi connectivity index (χ1v) is 10.6. The van der Waals surface area contributed by atoms with Gasteiger partial charge in [0, 0.05) is 39.8 Å². The van der Waals surface area contributed by atoms with Crippen LogP contribution in [0.3, 0.4) is 0 Å². The average Bonchev–Trinajstić information content (AvgIpc) is 3.39. The molecule has 0 bridgehead atoms. The van der Waals surface area contributed by atoms with Crippen molar-refractivity contribution in [3.05, 3.63) is 58.2 Å². The fourth-order valence-electron chi connectivity index (χ4n) is 2.84. The van der Waals surface area contributed by atoms with E-state index in [4.69, 9.17) is 9.47 Å². The second-order valence-corrected chi connectivity index (χ2v) is 8.06. The largest absolute Gasteiger partial charge is 0.497 e. The van der Waals surface area contributed by atoms with Crippen molar-refractivity contribution in [1.82, 2.24) is 24.4 Å². The number of anilines is 1. The van der Waals surface area contributed by atoms with E-state index in [1.165, 1.54) is 0 Å². The molecule has 1 N–H and O–H groups in total. The van der Waals surface area contributed by atoms with Crippen molar-refractivity contribution < 1.29 is 14.3 Å². The summed E-state index contributed by atoms with van der Waals surface area (Å²) in [6.07, 6.45) is 0. The summed E-state index contributed by atoms with van der Waals surface area (Å²) >= 11 is 4.43. The minimum atomic E-state index is -0.265. The lowest BCUT2D eigenvalue weighted by Crippen LogP contribution is -2.11. The van der Waals surface area contributed by atoms with E-state index < -0.39 is 0 Å². The molecule has 158 valence electrons. The predicted molar refractivity (Wildman–Crippen MR) is 120 cm³/mol. The number of ether oxygens (including phenoxy) is 2. The second kappa shape index (κ2) is 8.82. The van der Waals surface area contributed by atoms with Gasteiger partial charge in [0.2, 0.25) is 5.13 Å². The molecule has 0 radical (unpaired) electrons. The number of nitrogens with zero attached hydrogens (tertiary/aromatic N) is 5. The predicted octanol–water partition coefficient (Wildman–Crippen LogP) is 4.13. The topological polar surface area (TPSA) is 104 Å². The minimum absolute atomic E-state index is 0.265. The van der Waals surface area contributed by atoms with Crippen LogP contribution in [-0.2, 0) is 0 Å². The van der Waals surface area contributed by atoms with Gasteiger partial charge in [0.05, 0.1) is 25.6 Å². The van der Waals surface area contributed by atoms with E-state index in [9.17, 15) is 4.79 Å². The monoisotopic (exact) mass is 500 g/mol. The molecule has 2 aromatic carbocycles. The van der Waals surface area contributed by atoms with Crippen molar-refractivity contribution in [1.29, 1.82) is 0 Å². The zero-order chi connectivity index (χ0) is 22.0. The Morgan fingerprint density at radius 2 is 1.77 bits per heavy atom. The number of aromatic nitrogens is 5. The van der Waals surface area contributed by atoms with Gasteiger partial charge in [-0.2, -0.15) is 9.36 Å². The Kier molecular flexibility index (Phi) is 5.96. The molecule has 11 heteroatoms. The van der Waals surface area contributed by atoms with Gasteiger partial charge in [-0.1, -0.05) is 21.1 Å². The molecule has 2 heterocycles. The average molecular weight is 501 g/mol. The zero-order valence-corrected chi connectivity index (χ0v) is 19.2. The first-order chi connectivity index (χ1) is 15.0. The first kappa shape index (κ1) is 20.9. The number of nitrogens with one attached hydrogen (secondary N) is 1. The Balaban J connectivity index is 1.58. The van der Waals surface area contributed by atoms with Crippen molar-refractivity contribution in [2.45, 2.75) is 6.92 Å². The highest BCUT2D eigenvalue weighted by Gasteiger charge is 2.18. The van der Waals surface area contributed by atoms with E-state index in [1.807, 2.05) is 19.1 Å². The van der Waals surface area contributed by atoms with Crippen molar-refractivity contribution >= 4 is 38.5 Å². The number of methoxy groups -OCH3 is 2. The Bertz CT molecular complexity index is 1220. The summed E-state index contributed by atoms with van der Waals surface area (Å²) in [7, 11) is 3.17. The highest BCUT2D eigenvalue weighted by atomic mass is 79.9. The van der Waals surface area contributed by atoms with E-state index in [0.29, 0.717) is 33.7 Å². The molecule has 1 amide bonds. The fourth-order valence-corrected chi connectivity index (χ4v) is 3.67. The minimum Gasteiger partial charge on any atom is -0.497 e. The summed E-state index contributed by atoms with van der Waals surface area (Å²) in [4.78, 5) is 16.8. The normalized spacial score (nSPS) is 10.7. The molecule has 4 aromatic rings. The second-order valence-electron chi connectivity index (χ2n) is 6.39. The molecular weight excluding hydrogens is 484 g/mol. The summed E-state index contributed by atoms with van der Waals surface area (Å²) in [5.74, 6) is 1.39. The smallest absolute Gasteiger partial charge is 0.257 e. The van der Waals surface area contributed by atoms with Crippen LogP contribution >= 0.6 is 27.5 Å². The molecule has 9 nitrogen and oxygen atoms in total. The Hall–Kier alpha value is -3.31. The van der Waals surface area contributed by atoms with E-state index in [0.717, 1.165) is 27.4 Å². The van der Waals surface area contributed by atoms with Gasteiger partial charge in [0.1, 0.15) is 11.5 Å². The third-order valence-electron chi connectivity index (χ3n) is 4.44. The summed E-state index contributed by atoms with van der Waals surface area (Å²) in [5.41, 5.74) is 2.50. The molecule has 0 fully saturated rings. The van der Waals surface area contributed by atoms with E-state index >= 15 is 0 Å². The number of carbonyl (C=O) groups excluding carboxylic acids is 1. The molecule has 2 aromatic heterocycles. The first-order valence-electron chi connectivity index (χ1n) is 9.05. The van der Waals surface area contributed by atoms with E-state index in [-0.39, 0.29) is 5.91 Å². The van der Waals surface area contributed by atoms with Crippen LogP contribution in [0.1, 0.15) is 16.1 Å². The summed E-state index contributed by atoms with van der Waals surface area (Å²) in [5, 5.41) is 11.6. The summed E-state index contributed by atoms with van der Waals surface area (Å²) < 4.78 is 17.5. The van der Waals surface area contributed by atoms with Crippen LogP contribution in [0.15, 0.2) is 46.9 Å². The molecule has 0 atom stereocenters. The molecular formula is C20H17BrN6O3S. The Morgan fingerprint density at radius 1 is 1.10 bits per heavy atom. The molecule has 0 aliphatic rings. The SMILES string of the molecule is COc1cc(OC)cc(-n2nnc(-c3nsc(NC(=O)c4ccc(Br)cc4)n3)c2C)c1. The van der Waals surface area contributed by atoms with Crippen LogP contribution in [0, 0.1) is 6.92 Å². The van der Waals surface area contributed by atoms with Crippen LogP contribution in [0.5, 0.6) is 11.5 Å². The third-order valence-corrected chi connectivity index (χ3v) is 5.60. The molecule has 0 spiro atoms. The van der Waals surface area contributed by atoms with Gasteiger partial charge < -0.3 is 9.47 Å². The van der Waals surface area contributed by atoms with Gasteiger partial charge in [-0.15, -0.1) is 5.10 Å². The van der Waals surface area contributed by atoms with Crippen molar-refractivity contribution in [2.24, 2.45) is 0 Å². The number of benzene rings is 2. The number of halogens is 1. The molecule has 31 heavy (non-hydrogen) atoms. The zero-order valence-electron chi connectivity index (χ0n) is 16.8. The van der Waals surface area contributed by atoms with Gasteiger partial charge in [0.25, 0.3) is 5.91 Å². The Morgan fingerprint density at radius 3 is 2.42 bits per heavy atom. The number of hydrogen-bond donors (Lipinski definition) is 1. The highest BCUT2D eigenvalue weighted by Crippen LogP contribution is 2.28. The van der Waals surface area contributed by atoms with Gasteiger partial charge in [0.15, 0.2) is 11.5 Å². The van der Waals surface area contributed by atoms with Crippen molar-refractivity contribution in [3.8, 4) is 28.7 Å². The van der Waals surface area contributed by atoms with Gasteiger partial charge in [-0.25, -0.2) is 4.68 Å². The maximum atomic E-state index is 12.4. The number of amides is 1. The molecule has 0 saturated heterocycles. The van der Waals surface area contributed by atoms with Gasteiger partial charge in [-0.05, 0) is 31.2 Å². The number of carbonyl (C=O) groups is 1. The van der Waals surface area contributed by atoms with Crippen LogP contribution < -0.4 is 14.8 Å². The number of rotatable bonds is 6. The highest BCUT2D eigenvalue weighted by molar-refractivity contribution is 9.10. The summed E-state index contributed by atoms with van der Waals surface area (Å²) in [6, 6.07) is 12.5. The lowest BCUT2D eigenvalue weighted by molar-refractivity contribution is 0.102. The lowest BCUT2D eigenvalue weighted by atomic mass is 10.2. The summed E-state index contributed by atoms with van der Waals surface area (Å²) in [6.45, 7) is 1.86. The quantitative estimate of drug-likeness (QED) is 0.424. The van der Waals surface area contributed by atoms with Crippen LogP contribution in [0.4, 0.5) is 5.13 Å². The Labute approximate surface area is 190 Å².